The molecule has 1 N–H and O–H groups in total. The van der Waals surface area contributed by atoms with Crippen molar-refractivity contribution in [3.05, 3.63) is 35.1 Å². The molecule has 1 saturated heterocycles. The van der Waals surface area contributed by atoms with Crippen LogP contribution in [-0.2, 0) is 16.5 Å². The van der Waals surface area contributed by atoms with Gasteiger partial charge in [-0.05, 0) is 31.6 Å². The molecule has 0 spiro atoms. The largest absolute Gasteiger partial charge is 0.280 e. The van der Waals surface area contributed by atoms with E-state index in [-0.39, 0.29) is 17.5 Å². The molecule has 1 atom stereocenters. The van der Waals surface area contributed by atoms with E-state index >= 15 is 0 Å². The standard InChI is InChI=1S/C16H22N4O2S2/c1-2-9-19(14-8-10-24(21,22)11-14)12-20-16(23)17-15(18-20)13-6-4-3-5-7-13/h3-7,14H,2,8-12H2,1H3,(H,17,18,23)/t14-/m1/s1. The number of benzene rings is 1. The molecule has 0 saturated carbocycles. The first-order valence-corrected chi connectivity index (χ1v) is 10.4. The average molecular weight is 367 g/mol. The molecule has 0 unspecified atom stereocenters. The maximum atomic E-state index is 11.8. The van der Waals surface area contributed by atoms with Crippen LogP contribution in [0.5, 0.6) is 0 Å². The zero-order valence-electron chi connectivity index (χ0n) is 13.7. The second-order valence-corrected chi connectivity index (χ2v) is 8.75. The Kier molecular flexibility index (Phi) is 5.17. The fourth-order valence-corrected chi connectivity index (χ4v) is 5.03. The number of hydrogen-bond acceptors (Lipinski definition) is 5. The van der Waals surface area contributed by atoms with Crippen molar-refractivity contribution >= 4 is 22.1 Å². The Morgan fingerprint density at radius 2 is 2.12 bits per heavy atom. The Balaban J connectivity index is 1.81. The number of sulfone groups is 1. The summed E-state index contributed by atoms with van der Waals surface area (Å²) in [5, 5.41) is 3.24. The van der Waals surface area contributed by atoms with Crippen LogP contribution in [0.4, 0.5) is 0 Å². The predicted octanol–water partition coefficient (Wildman–Crippen LogP) is 2.46. The maximum Gasteiger partial charge on any atom is 0.217 e. The van der Waals surface area contributed by atoms with Crippen molar-refractivity contribution < 1.29 is 8.42 Å². The molecular formula is C16H22N4O2S2. The average Bonchev–Trinajstić information content (AvgIpc) is 3.10. The lowest BCUT2D eigenvalue weighted by Crippen LogP contribution is -2.38. The van der Waals surface area contributed by atoms with Crippen LogP contribution in [0.25, 0.3) is 11.4 Å². The minimum Gasteiger partial charge on any atom is -0.280 e. The van der Waals surface area contributed by atoms with E-state index in [4.69, 9.17) is 12.2 Å². The number of nitrogens with one attached hydrogen (secondary N) is 1. The summed E-state index contributed by atoms with van der Waals surface area (Å²) in [7, 11) is -2.90. The Morgan fingerprint density at radius 1 is 1.38 bits per heavy atom. The summed E-state index contributed by atoms with van der Waals surface area (Å²) in [5.74, 6) is 1.25. The Labute approximate surface area is 147 Å². The lowest BCUT2D eigenvalue weighted by Gasteiger charge is -2.27. The third-order valence-electron chi connectivity index (χ3n) is 4.29. The molecule has 0 amide bonds. The normalized spacial score (nSPS) is 19.8. The lowest BCUT2D eigenvalue weighted by atomic mass is 10.2. The van der Waals surface area contributed by atoms with Gasteiger partial charge in [-0.15, -0.1) is 0 Å². The Bertz CT molecular complexity index is 842. The van der Waals surface area contributed by atoms with Crippen LogP contribution in [0.3, 0.4) is 0 Å². The van der Waals surface area contributed by atoms with Crippen molar-refractivity contribution in [3.8, 4) is 11.4 Å². The van der Waals surface area contributed by atoms with Crippen LogP contribution >= 0.6 is 12.2 Å². The smallest absolute Gasteiger partial charge is 0.217 e. The molecule has 1 aliphatic heterocycles. The van der Waals surface area contributed by atoms with Gasteiger partial charge in [-0.2, -0.15) is 4.98 Å². The lowest BCUT2D eigenvalue weighted by molar-refractivity contribution is 0.155. The highest BCUT2D eigenvalue weighted by Gasteiger charge is 2.32. The summed E-state index contributed by atoms with van der Waals surface area (Å²) in [6.45, 7) is 3.46. The van der Waals surface area contributed by atoms with Crippen molar-refractivity contribution in [2.75, 3.05) is 18.1 Å². The third-order valence-corrected chi connectivity index (χ3v) is 6.35. The summed E-state index contributed by atoms with van der Waals surface area (Å²) >= 11 is 5.37. The van der Waals surface area contributed by atoms with Crippen molar-refractivity contribution in [2.45, 2.75) is 32.5 Å². The van der Waals surface area contributed by atoms with Gasteiger partial charge in [0.05, 0.1) is 18.2 Å². The van der Waals surface area contributed by atoms with E-state index in [9.17, 15) is 8.42 Å². The van der Waals surface area contributed by atoms with Gasteiger partial charge in [0.25, 0.3) is 0 Å². The second kappa shape index (κ2) is 7.16. The molecule has 6 nitrogen and oxygen atoms in total. The van der Waals surface area contributed by atoms with Gasteiger partial charge in [0.2, 0.25) is 4.77 Å². The van der Waals surface area contributed by atoms with E-state index in [1.165, 1.54) is 0 Å². The molecule has 3 rings (SSSR count). The second-order valence-electron chi connectivity index (χ2n) is 6.16. The molecule has 2 heterocycles. The van der Waals surface area contributed by atoms with E-state index in [1.807, 2.05) is 35.0 Å². The summed E-state index contributed by atoms with van der Waals surface area (Å²) in [6, 6.07) is 9.88. The molecule has 1 aromatic carbocycles. The fourth-order valence-electron chi connectivity index (χ4n) is 3.08. The van der Waals surface area contributed by atoms with E-state index in [0.29, 0.717) is 17.9 Å². The highest BCUT2D eigenvalue weighted by Crippen LogP contribution is 2.20. The van der Waals surface area contributed by atoms with Gasteiger partial charge in [-0.25, -0.2) is 13.1 Å². The van der Waals surface area contributed by atoms with Crippen LogP contribution in [-0.4, -0.2) is 52.2 Å². The number of H-pyrrole nitrogens is 1. The molecule has 130 valence electrons. The van der Waals surface area contributed by atoms with Gasteiger partial charge in [-0.1, -0.05) is 37.3 Å². The SMILES string of the molecule is CCCN(Cn1[nH]c(-c2ccccc2)nc1=S)[C@@H]1CCS(=O)(=O)C1. The third kappa shape index (κ3) is 3.93. The van der Waals surface area contributed by atoms with Crippen LogP contribution < -0.4 is 0 Å². The summed E-state index contributed by atoms with van der Waals surface area (Å²) in [4.78, 5) is 6.61. The quantitative estimate of drug-likeness (QED) is 0.795. The molecule has 0 bridgehead atoms. The van der Waals surface area contributed by atoms with Gasteiger partial charge in [0, 0.05) is 11.6 Å². The number of rotatable bonds is 6. The Morgan fingerprint density at radius 3 is 2.75 bits per heavy atom. The van der Waals surface area contributed by atoms with Gasteiger partial charge < -0.3 is 0 Å². The first-order chi connectivity index (χ1) is 11.5. The minimum absolute atomic E-state index is 0.0559. The molecule has 1 fully saturated rings. The van der Waals surface area contributed by atoms with Gasteiger partial charge >= 0.3 is 0 Å². The van der Waals surface area contributed by atoms with Crippen LogP contribution in [0.2, 0.25) is 0 Å². The van der Waals surface area contributed by atoms with Crippen molar-refractivity contribution in [1.29, 1.82) is 0 Å². The first-order valence-electron chi connectivity index (χ1n) is 8.15. The highest BCUT2D eigenvalue weighted by atomic mass is 32.2. The van der Waals surface area contributed by atoms with E-state index in [2.05, 4.69) is 21.9 Å². The zero-order chi connectivity index (χ0) is 17.2. The summed E-state index contributed by atoms with van der Waals surface area (Å²) < 4.78 is 25.9. The van der Waals surface area contributed by atoms with Gasteiger partial charge in [0.1, 0.15) is 0 Å². The molecule has 8 heteroatoms. The molecule has 24 heavy (non-hydrogen) atoms. The van der Waals surface area contributed by atoms with Crippen LogP contribution in [0.1, 0.15) is 19.8 Å². The van der Waals surface area contributed by atoms with Gasteiger partial charge in [-0.3, -0.25) is 10.00 Å². The van der Waals surface area contributed by atoms with Crippen LogP contribution in [0.15, 0.2) is 30.3 Å². The van der Waals surface area contributed by atoms with Crippen molar-refractivity contribution in [1.82, 2.24) is 19.7 Å². The van der Waals surface area contributed by atoms with Crippen molar-refractivity contribution in [3.63, 3.8) is 0 Å². The van der Waals surface area contributed by atoms with Crippen molar-refractivity contribution in [2.24, 2.45) is 0 Å². The van der Waals surface area contributed by atoms with E-state index in [1.54, 1.807) is 0 Å². The molecule has 0 radical (unpaired) electrons. The number of aromatic amines is 1. The Hall–Kier alpha value is -1.51. The van der Waals surface area contributed by atoms with Crippen LogP contribution in [0, 0.1) is 4.77 Å². The molecular weight excluding hydrogens is 344 g/mol. The monoisotopic (exact) mass is 366 g/mol. The highest BCUT2D eigenvalue weighted by molar-refractivity contribution is 7.91. The predicted molar refractivity (Wildman–Crippen MR) is 96.9 cm³/mol. The molecule has 1 aliphatic rings. The molecule has 0 aliphatic carbocycles. The van der Waals surface area contributed by atoms with E-state index in [0.717, 1.165) is 24.4 Å². The first kappa shape index (κ1) is 17.3. The number of hydrogen-bond donors (Lipinski definition) is 1. The number of nitrogens with zero attached hydrogens (tertiary/aromatic N) is 3. The summed E-state index contributed by atoms with van der Waals surface area (Å²) in [5.41, 5.74) is 0.979. The molecule has 2 aromatic rings. The van der Waals surface area contributed by atoms with Gasteiger partial charge in [0.15, 0.2) is 15.7 Å². The fraction of sp³-hybridized carbons (Fsp3) is 0.500. The zero-order valence-corrected chi connectivity index (χ0v) is 15.3. The summed E-state index contributed by atoms with van der Waals surface area (Å²) in [6.07, 6.45) is 1.65. The topological polar surface area (TPSA) is 71.0 Å². The number of aromatic nitrogens is 3. The maximum absolute atomic E-state index is 11.8. The molecule has 1 aromatic heterocycles. The minimum atomic E-state index is -2.90. The van der Waals surface area contributed by atoms with E-state index < -0.39 is 9.84 Å².